The second-order valence-electron chi connectivity index (χ2n) is 4.60. The van der Waals surface area contributed by atoms with Crippen LogP contribution >= 0.6 is 0 Å². The fourth-order valence-electron chi connectivity index (χ4n) is 1.96. The maximum atomic E-state index is 11.5. The first-order valence-corrected chi connectivity index (χ1v) is 6.32. The highest BCUT2D eigenvalue weighted by atomic mass is 16.8. The molecular weight excluding hydrogens is 246 g/mol. The lowest BCUT2D eigenvalue weighted by Gasteiger charge is -2.29. The highest BCUT2D eigenvalue weighted by Crippen LogP contribution is 2.14. The Morgan fingerprint density at radius 1 is 1.37 bits per heavy atom. The fourth-order valence-corrected chi connectivity index (χ4v) is 1.96. The Balaban J connectivity index is 1.77. The summed E-state index contributed by atoms with van der Waals surface area (Å²) in [5.41, 5.74) is 0.904. The van der Waals surface area contributed by atoms with Crippen LogP contribution in [0.2, 0.25) is 0 Å². The van der Waals surface area contributed by atoms with Crippen LogP contribution in [0.3, 0.4) is 0 Å². The minimum Gasteiger partial charge on any atom is -0.428 e. The molecule has 1 aliphatic heterocycles. The molecule has 1 aromatic rings. The molecule has 0 amide bonds. The number of hydrogen-bond donors (Lipinski definition) is 0. The molecule has 19 heavy (non-hydrogen) atoms. The predicted molar refractivity (Wildman–Crippen MR) is 68.1 cm³/mol. The predicted octanol–water partition coefficient (Wildman–Crippen LogP) is 2.31. The van der Waals surface area contributed by atoms with Gasteiger partial charge in [-0.05, 0) is 12.5 Å². The zero-order chi connectivity index (χ0) is 13.7. The first kappa shape index (κ1) is 13.5. The average molecular weight is 263 g/mol. The minimum absolute atomic E-state index is 0.0921. The van der Waals surface area contributed by atoms with Crippen molar-refractivity contribution in [2.75, 3.05) is 6.54 Å². The van der Waals surface area contributed by atoms with Crippen LogP contribution < -0.4 is 0 Å². The van der Waals surface area contributed by atoms with E-state index in [0.717, 1.165) is 5.56 Å². The largest absolute Gasteiger partial charge is 0.528 e. The Hall–Kier alpha value is -1.88. The van der Waals surface area contributed by atoms with E-state index in [4.69, 9.17) is 9.57 Å². The van der Waals surface area contributed by atoms with Crippen molar-refractivity contribution in [2.24, 2.45) is 0 Å². The van der Waals surface area contributed by atoms with Gasteiger partial charge in [-0.1, -0.05) is 30.3 Å². The van der Waals surface area contributed by atoms with Crippen LogP contribution in [0.15, 0.2) is 30.3 Å². The van der Waals surface area contributed by atoms with E-state index in [1.54, 1.807) is 0 Å². The topological polar surface area (TPSA) is 55.8 Å². The Morgan fingerprint density at radius 3 is 2.79 bits per heavy atom. The molecule has 0 saturated carbocycles. The van der Waals surface area contributed by atoms with E-state index in [2.05, 4.69) is 0 Å². The summed E-state index contributed by atoms with van der Waals surface area (Å²) >= 11 is 0. The van der Waals surface area contributed by atoms with Gasteiger partial charge in [0, 0.05) is 19.4 Å². The Kier molecular flexibility index (Phi) is 4.52. The van der Waals surface area contributed by atoms with Crippen LogP contribution in [0, 0.1) is 0 Å². The number of hydroxylamine groups is 2. The van der Waals surface area contributed by atoms with E-state index in [1.165, 1.54) is 5.06 Å². The van der Waals surface area contributed by atoms with Gasteiger partial charge < -0.3 is 9.57 Å². The Labute approximate surface area is 112 Å². The van der Waals surface area contributed by atoms with Gasteiger partial charge in [0.1, 0.15) is 12.4 Å². The molecule has 0 spiro atoms. The monoisotopic (exact) mass is 263 g/mol. The molecule has 1 heterocycles. The summed E-state index contributed by atoms with van der Waals surface area (Å²) < 4.78 is 5.02. The summed E-state index contributed by atoms with van der Waals surface area (Å²) in [5.74, 6) is 0.199. The number of ether oxygens (including phenoxy) is 1. The lowest BCUT2D eigenvalue weighted by Crippen LogP contribution is -2.42. The van der Waals surface area contributed by atoms with E-state index < -0.39 is 6.16 Å². The number of piperidine rings is 1. The van der Waals surface area contributed by atoms with Gasteiger partial charge in [-0.25, -0.2) is 4.79 Å². The number of rotatable bonds is 3. The fraction of sp³-hybridized carbons (Fsp3) is 0.429. The van der Waals surface area contributed by atoms with Crippen molar-refractivity contribution in [3.05, 3.63) is 35.9 Å². The van der Waals surface area contributed by atoms with Crippen LogP contribution in [-0.4, -0.2) is 29.6 Å². The number of carbonyl (C=O) groups is 2. The van der Waals surface area contributed by atoms with Gasteiger partial charge in [-0.2, -0.15) is 0 Å². The molecule has 2 rings (SSSR count). The number of hydrogen-bond acceptors (Lipinski definition) is 5. The maximum Gasteiger partial charge on any atom is 0.528 e. The molecule has 1 aromatic carbocycles. The van der Waals surface area contributed by atoms with Crippen LogP contribution in [0.4, 0.5) is 4.79 Å². The van der Waals surface area contributed by atoms with Crippen molar-refractivity contribution in [1.29, 1.82) is 0 Å². The highest BCUT2D eigenvalue weighted by molar-refractivity contribution is 5.79. The SMILES string of the molecule is CC1CC(=O)CCN1OC(=O)OCc1ccccc1. The molecule has 0 aliphatic carbocycles. The van der Waals surface area contributed by atoms with Crippen molar-refractivity contribution in [3.8, 4) is 0 Å². The second kappa shape index (κ2) is 6.33. The number of nitrogens with zero attached hydrogens (tertiary/aromatic N) is 1. The summed E-state index contributed by atoms with van der Waals surface area (Å²) in [6.45, 7) is 2.46. The van der Waals surface area contributed by atoms with Gasteiger partial charge in [0.05, 0.1) is 6.04 Å². The van der Waals surface area contributed by atoms with Crippen molar-refractivity contribution in [3.63, 3.8) is 0 Å². The zero-order valence-corrected chi connectivity index (χ0v) is 10.9. The summed E-state index contributed by atoms with van der Waals surface area (Å²) in [4.78, 5) is 27.9. The highest BCUT2D eigenvalue weighted by Gasteiger charge is 2.27. The lowest BCUT2D eigenvalue weighted by atomic mass is 10.1. The number of Topliss-reactive ketones (excluding diaryl/α,β-unsaturated/α-hetero) is 1. The molecule has 1 atom stereocenters. The normalized spacial score (nSPS) is 20.1. The van der Waals surface area contributed by atoms with E-state index in [1.807, 2.05) is 37.3 Å². The minimum atomic E-state index is -0.731. The molecule has 5 nitrogen and oxygen atoms in total. The first-order valence-electron chi connectivity index (χ1n) is 6.32. The summed E-state index contributed by atoms with van der Waals surface area (Å²) in [5, 5.41) is 1.51. The van der Waals surface area contributed by atoms with Crippen LogP contribution in [0.25, 0.3) is 0 Å². The van der Waals surface area contributed by atoms with Gasteiger partial charge >= 0.3 is 6.16 Å². The van der Waals surface area contributed by atoms with Gasteiger partial charge in [0.2, 0.25) is 0 Å². The van der Waals surface area contributed by atoms with Crippen molar-refractivity contribution < 1.29 is 19.2 Å². The molecule has 1 aliphatic rings. The van der Waals surface area contributed by atoms with Gasteiger partial charge in [0.25, 0.3) is 0 Å². The smallest absolute Gasteiger partial charge is 0.428 e. The third-order valence-electron chi connectivity index (χ3n) is 3.02. The van der Waals surface area contributed by atoms with Crippen molar-refractivity contribution in [1.82, 2.24) is 5.06 Å². The molecule has 1 unspecified atom stereocenters. The summed E-state index contributed by atoms with van der Waals surface area (Å²) in [6, 6.07) is 9.30. The molecule has 0 bridgehead atoms. The summed E-state index contributed by atoms with van der Waals surface area (Å²) in [6.07, 6.45) is 0.0903. The lowest BCUT2D eigenvalue weighted by molar-refractivity contribution is -0.169. The molecule has 1 saturated heterocycles. The molecule has 5 heteroatoms. The quantitative estimate of drug-likeness (QED) is 0.783. The number of carbonyl (C=O) groups excluding carboxylic acids is 2. The maximum absolute atomic E-state index is 11.5. The average Bonchev–Trinajstić information content (AvgIpc) is 2.41. The third-order valence-corrected chi connectivity index (χ3v) is 3.02. The van der Waals surface area contributed by atoms with Crippen LogP contribution in [0.5, 0.6) is 0 Å². The zero-order valence-electron chi connectivity index (χ0n) is 10.9. The number of benzene rings is 1. The van der Waals surface area contributed by atoms with Gasteiger partial charge in [0.15, 0.2) is 0 Å². The van der Waals surface area contributed by atoms with Gasteiger partial charge in [-0.15, -0.1) is 5.06 Å². The molecular formula is C14H17NO4. The van der Waals surface area contributed by atoms with Crippen molar-refractivity contribution >= 4 is 11.9 Å². The summed E-state index contributed by atoms with van der Waals surface area (Å²) in [7, 11) is 0. The molecule has 0 aromatic heterocycles. The molecule has 0 radical (unpaired) electrons. The van der Waals surface area contributed by atoms with E-state index in [9.17, 15) is 9.59 Å². The van der Waals surface area contributed by atoms with Crippen molar-refractivity contribution in [2.45, 2.75) is 32.4 Å². The van der Waals surface area contributed by atoms with E-state index in [0.29, 0.717) is 19.4 Å². The van der Waals surface area contributed by atoms with Crippen LogP contribution in [0.1, 0.15) is 25.3 Å². The molecule has 0 N–H and O–H groups in total. The Morgan fingerprint density at radius 2 is 2.11 bits per heavy atom. The first-order chi connectivity index (χ1) is 9.15. The number of ketones is 1. The van der Waals surface area contributed by atoms with E-state index >= 15 is 0 Å². The Bertz CT molecular complexity index is 446. The third kappa shape index (κ3) is 4.06. The van der Waals surface area contributed by atoms with Crippen LogP contribution in [-0.2, 0) is 21.0 Å². The van der Waals surface area contributed by atoms with Gasteiger partial charge in [-0.3, -0.25) is 4.79 Å². The molecule has 1 fully saturated rings. The second-order valence-corrected chi connectivity index (χ2v) is 4.60. The standard InChI is InChI=1S/C14H17NO4/c1-11-9-13(16)7-8-15(11)19-14(17)18-10-12-5-3-2-4-6-12/h2-6,11H,7-10H2,1H3. The molecule has 102 valence electrons. The van der Waals surface area contributed by atoms with E-state index in [-0.39, 0.29) is 18.4 Å².